The largest absolute Gasteiger partial charge is 0.497 e. The third-order valence-electron chi connectivity index (χ3n) is 7.03. The average Bonchev–Trinajstić information content (AvgIpc) is 3.29. The summed E-state index contributed by atoms with van der Waals surface area (Å²) in [5.41, 5.74) is 2.23. The first-order valence-electron chi connectivity index (χ1n) is 12.4. The molecule has 35 heavy (non-hydrogen) atoms. The van der Waals surface area contributed by atoms with Crippen molar-refractivity contribution in [2.45, 2.75) is 38.0 Å². The van der Waals surface area contributed by atoms with E-state index in [4.69, 9.17) is 9.47 Å². The van der Waals surface area contributed by atoms with Crippen molar-refractivity contribution in [1.82, 2.24) is 9.88 Å². The van der Waals surface area contributed by atoms with Gasteiger partial charge in [0.1, 0.15) is 11.5 Å². The molecule has 2 heterocycles. The molecule has 6 nitrogen and oxygen atoms in total. The molecular formula is C29H35N3O3. The molecule has 1 aliphatic heterocycles. The van der Waals surface area contributed by atoms with Crippen LogP contribution in [0.1, 0.15) is 38.2 Å². The third-order valence-corrected chi connectivity index (χ3v) is 7.03. The van der Waals surface area contributed by atoms with E-state index in [2.05, 4.69) is 40.3 Å². The standard InChI is InChI=1S/C29H35N3O3/c1-4-32(24-12-9-18-30-22-24)28(33)29(23-11-8-13-25(21-23)34-2)16-10-19-31(20-17-29)26-14-6-5-7-15-27(26)35-3/h5-6,8-9,11-15,18,21-22H,4,7,10,16-17,19-20H2,1-3H3. The Bertz CT molecular complexity index is 1110. The highest BCUT2D eigenvalue weighted by molar-refractivity contribution is 6.01. The first-order valence-corrected chi connectivity index (χ1v) is 12.4. The summed E-state index contributed by atoms with van der Waals surface area (Å²) in [7, 11) is 3.39. The van der Waals surface area contributed by atoms with E-state index in [1.54, 1.807) is 26.6 Å². The van der Waals surface area contributed by atoms with E-state index in [9.17, 15) is 4.79 Å². The van der Waals surface area contributed by atoms with Gasteiger partial charge in [0.2, 0.25) is 5.91 Å². The molecule has 0 radical (unpaired) electrons. The van der Waals surface area contributed by atoms with Crippen molar-refractivity contribution >= 4 is 11.6 Å². The van der Waals surface area contributed by atoms with Crippen molar-refractivity contribution < 1.29 is 14.3 Å². The Morgan fingerprint density at radius 2 is 2.03 bits per heavy atom. The van der Waals surface area contributed by atoms with Gasteiger partial charge < -0.3 is 19.3 Å². The lowest BCUT2D eigenvalue weighted by Gasteiger charge is -2.37. The molecule has 2 aromatic rings. The van der Waals surface area contributed by atoms with E-state index in [1.165, 1.54) is 0 Å². The number of hydrogen-bond donors (Lipinski definition) is 0. The van der Waals surface area contributed by atoms with Gasteiger partial charge in [-0.2, -0.15) is 0 Å². The van der Waals surface area contributed by atoms with Crippen molar-refractivity contribution in [1.29, 1.82) is 0 Å². The number of hydrogen-bond acceptors (Lipinski definition) is 5. The summed E-state index contributed by atoms with van der Waals surface area (Å²) < 4.78 is 11.3. The van der Waals surface area contributed by atoms with Crippen LogP contribution in [0.15, 0.2) is 84.6 Å². The van der Waals surface area contributed by atoms with Gasteiger partial charge in [-0.25, -0.2) is 0 Å². The molecule has 0 saturated carbocycles. The summed E-state index contributed by atoms with van der Waals surface area (Å²) in [6.45, 7) is 4.20. The first-order chi connectivity index (χ1) is 17.1. The van der Waals surface area contributed by atoms with Crippen molar-refractivity contribution in [3.63, 3.8) is 0 Å². The highest BCUT2D eigenvalue weighted by Crippen LogP contribution is 2.41. The maximum atomic E-state index is 14.4. The molecule has 1 atom stereocenters. The molecule has 1 amide bonds. The number of likely N-dealkylation sites (N-methyl/N-ethyl adjacent to an activating group) is 1. The Labute approximate surface area is 208 Å². The fourth-order valence-electron chi connectivity index (χ4n) is 5.19. The highest BCUT2D eigenvalue weighted by Gasteiger charge is 2.44. The molecule has 6 heteroatoms. The fourth-order valence-corrected chi connectivity index (χ4v) is 5.19. The zero-order valence-electron chi connectivity index (χ0n) is 20.9. The first kappa shape index (κ1) is 24.6. The molecule has 2 aliphatic rings. The van der Waals surface area contributed by atoms with E-state index in [0.717, 1.165) is 60.8 Å². The van der Waals surface area contributed by atoms with E-state index >= 15 is 0 Å². The number of pyridine rings is 1. The maximum Gasteiger partial charge on any atom is 0.237 e. The second kappa shape index (κ2) is 11.3. The minimum Gasteiger partial charge on any atom is -0.497 e. The monoisotopic (exact) mass is 473 g/mol. The van der Waals surface area contributed by atoms with Gasteiger partial charge >= 0.3 is 0 Å². The van der Waals surface area contributed by atoms with E-state index in [-0.39, 0.29) is 5.91 Å². The predicted molar refractivity (Wildman–Crippen MR) is 139 cm³/mol. The Hall–Kier alpha value is -3.54. The molecule has 0 spiro atoms. The van der Waals surface area contributed by atoms with Crippen molar-refractivity contribution in [3.8, 4) is 5.75 Å². The topological polar surface area (TPSA) is 54.9 Å². The van der Waals surface area contributed by atoms with Crippen LogP contribution < -0.4 is 9.64 Å². The highest BCUT2D eigenvalue weighted by atomic mass is 16.5. The Kier molecular flexibility index (Phi) is 7.91. The zero-order valence-corrected chi connectivity index (χ0v) is 20.9. The van der Waals surface area contributed by atoms with E-state index < -0.39 is 5.41 Å². The van der Waals surface area contributed by atoms with Crippen LogP contribution in [0, 0.1) is 0 Å². The SMILES string of the molecule is CCN(C(=O)C1(c2cccc(OC)c2)CCCN(C2=CC=CCC=C2OC)CC1)c1cccnc1. The van der Waals surface area contributed by atoms with Gasteiger partial charge in [-0.15, -0.1) is 0 Å². The summed E-state index contributed by atoms with van der Waals surface area (Å²) in [6.07, 6.45) is 15.1. The van der Waals surface area contributed by atoms with Crippen LogP contribution in [0.4, 0.5) is 5.69 Å². The number of amides is 1. The quantitative estimate of drug-likeness (QED) is 0.550. The summed E-state index contributed by atoms with van der Waals surface area (Å²) in [5, 5.41) is 0. The van der Waals surface area contributed by atoms with Gasteiger partial charge in [0.25, 0.3) is 0 Å². The molecule has 0 bridgehead atoms. The summed E-state index contributed by atoms with van der Waals surface area (Å²) in [6, 6.07) is 11.8. The van der Waals surface area contributed by atoms with Crippen LogP contribution in [-0.2, 0) is 14.9 Å². The second-order valence-electron chi connectivity index (χ2n) is 8.90. The van der Waals surface area contributed by atoms with Crippen molar-refractivity contribution in [2.75, 3.05) is 38.8 Å². The van der Waals surface area contributed by atoms with Gasteiger partial charge in [-0.05, 0) is 74.6 Å². The van der Waals surface area contributed by atoms with E-state index in [0.29, 0.717) is 13.0 Å². The van der Waals surface area contributed by atoms with Gasteiger partial charge in [0, 0.05) is 25.8 Å². The number of anilines is 1. The Morgan fingerprint density at radius 3 is 2.77 bits per heavy atom. The molecule has 1 aliphatic carbocycles. The number of methoxy groups -OCH3 is 2. The van der Waals surface area contributed by atoms with Crippen molar-refractivity contribution in [3.05, 3.63) is 90.1 Å². The van der Waals surface area contributed by atoms with Crippen LogP contribution >= 0.6 is 0 Å². The lowest BCUT2D eigenvalue weighted by Crippen LogP contribution is -2.48. The number of aromatic nitrogens is 1. The minimum absolute atomic E-state index is 0.111. The third kappa shape index (κ3) is 5.11. The van der Waals surface area contributed by atoms with E-state index in [1.807, 2.05) is 42.2 Å². The van der Waals surface area contributed by atoms with Gasteiger partial charge in [0.05, 0.1) is 37.2 Å². The lowest BCUT2D eigenvalue weighted by molar-refractivity contribution is -0.124. The molecule has 1 aromatic carbocycles. The Balaban J connectivity index is 1.73. The maximum absolute atomic E-state index is 14.4. The number of carbonyl (C=O) groups excluding carboxylic acids is 1. The molecule has 4 rings (SSSR count). The number of rotatable bonds is 7. The summed E-state index contributed by atoms with van der Waals surface area (Å²) in [4.78, 5) is 22.9. The predicted octanol–water partition coefficient (Wildman–Crippen LogP) is 5.24. The van der Waals surface area contributed by atoms with Crippen LogP contribution in [0.25, 0.3) is 0 Å². The minimum atomic E-state index is -0.673. The normalized spacial score (nSPS) is 20.3. The lowest BCUT2D eigenvalue weighted by atomic mass is 9.73. The number of nitrogens with zero attached hydrogens (tertiary/aromatic N) is 3. The number of carbonyl (C=O) groups is 1. The van der Waals surface area contributed by atoms with Crippen LogP contribution in [-0.4, -0.2) is 49.6 Å². The van der Waals surface area contributed by atoms with Gasteiger partial charge in [-0.1, -0.05) is 24.3 Å². The van der Waals surface area contributed by atoms with Crippen LogP contribution in [0.2, 0.25) is 0 Å². The molecule has 0 N–H and O–H groups in total. The van der Waals surface area contributed by atoms with Crippen LogP contribution in [0.5, 0.6) is 5.75 Å². The number of benzene rings is 1. The second-order valence-corrected chi connectivity index (χ2v) is 8.90. The number of allylic oxidation sites excluding steroid dienone is 4. The molecule has 1 unspecified atom stereocenters. The van der Waals surface area contributed by atoms with Crippen molar-refractivity contribution in [2.24, 2.45) is 0 Å². The number of ether oxygens (including phenoxy) is 2. The summed E-state index contributed by atoms with van der Waals surface area (Å²) >= 11 is 0. The molecule has 1 aromatic heterocycles. The van der Waals surface area contributed by atoms with Crippen LogP contribution in [0.3, 0.4) is 0 Å². The molecule has 1 fully saturated rings. The van der Waals surface area contributed by atoms with Gasteiger partial charge in [0.15, 0.2) is 0 Å². The average molecular weight is 474 g/mol. The molecular weight excluding hydrogens is 438 g/mol. The zero-order chi connectivity index (χ0) is 24.7. The molecule has 1 saturated heterocycles. The van der Waals surface area contributed by atoms with Gasteiger partial charge in [-0.3, -0.25) is 9.78 Å². The Morgan fingerprint density at radius 1 is 1.14 bits per heavy atom. The smallest absolute Gasteiger partial charge is 0.237 e. The molecule has 184 valence electrons. The fraction of sp³-hybridized carbons (Fsp3) is 0.379. The summed E-state index contributed by atoms with van der Waals surface area (Å²) in [5.74, 6) is 1.77. The number of likely N-dealkylation sites (tertiary alicyclic amines) is 1.